The molecule has 0 N–H and O–H groups in total. The van der Waals surface area contributed by atoms with Gasteiger partial charge in [0.1, 0.15) is 5.82 Å². The lowest BCUT2D eigenvalue weighted by atomic mass is 9.98. The maximum absolute atomic E-state index is 16.0. The fraction of sp³-hybridized carbons (Fsp3) is 0. The summed E-state index contributed by atoms with van der Waals surface area (Å²) in [6.45, 7) is 0. The lowest BCUT2D eigenvalue weighted by Gasteiger charge is -2.17. The zero-order valence-corrected chi connectivity index (χ0v) is 31.9. The van der Waals surface area contributed by atoms with Crippen molar-refractivity contribution in [3.63, 3.8) is 0 Å². The van der Waals surface area contributed by atoms with Crippen molar-refractivity contribution in [1.29, 1.82) is 0 Å². The summed E-state index contributed by atoms with van der Waals surface area (Å²) in [4.78, 5) is 5.46. The summed E-state index contributed by atoms with van der Waals surface area (Å²) in [5.74, 6) is 0.804. The van der Waals surface area contributed by atoms with E-state index in [9.17, 15) is 0 Å². The van der Waals surface area contributed by atoms with Crippen LogP contribution >= 0.6 is 7.14 Å². The number of fused-ring (bicyclic) bond motifs is 7. The highest BCUT2D eigenvalue weighted by molar-refractivity contribution is 7.86. The average molecular weight is 747 g/mol. The molecular formula is C53H35N2OP. The van der Waals surface area contributed by atoms with E-state index < -0.39 is 7.14 Å². The highest BCUT2D eigenvalue weighted by atomic mass is 31.2. The summed E-state index contributed by atoms with van der Waals surface area (Å²) >= 11 is 0. The number of rotatable bonds is 6. The highest BCUT2D eigenvalue weighted by Crippen LogP contribution is 2.55. The van der Waals surface area contributed by atoms with Gasteiger partial charge in [0.15, 0.2) is 7.14 Å². The molecule has 268 valence electrons. The van der Waals surface area contributed by atoms with E-state index in [1.165, 1.54) is 16.7 Å². The second-order valence-electron chi connectivity index (χ2n) is 14.7. The molecule has 1 aliphatic rings. The molecule has 10 aromatic rings. The summed E-state index contributed by atoms with van der Waals surface area (Å²) in [6, 6.07) is 74.0. The molecule has 8 aromatic carbocycles. The van der Waals surface area contributed by atoms with E-state index in [-0.39, 0.29) is 0 Å². The Morgan fingerprint density at radius 3 is 1.60 bits per heavy atom. The van der Waals surface area contributed by atoms with Gasteiger partial charge in [-0.1, -0.05) is 188 Å². The normalized spacial score (nSPS) is 14.5. The zero-order valence-electron chi connectivity index (χ0n) is 31.0. The van der Waals surface area contributed by atoms with E-state index >= 15 is 4.57 Å². The third-order valence-electron chi connectivity index (χ3n) is 11.4. The first-order valence-electron chi connectivity index (χ1n) is 19.3. The van der Waals surface area contributed by atoms with Gasteiger partial charge in [0.25, 0.3) is 0 Å². The molecule has 0 fully saturated rings. The van der Waals surface area contributed by atoms with Crippen LogP contribution in [0.1, 0.15) is 0 Å². The molecule has 1 atom stereocenters. The molecule has 0 aliphatic carbocycles. The molecule has 1 unspecified atom stereocenters. The summed E-state index contributed by atoms with van der Waals surface area (Å²) in [5, 5.41) is 4.73. The Bertz CT molecular complexity index is 3070. The van der Waals surface area contributed by atoms with Gasteiger partial charge in [-0.3, -0.25) is 4.57 Å². The molecule has 3 nitrogen and oxygen atoms in total. The quantitative estimate of drug-likeness (QED) is 0.159. The van der Waals surface area contributed by atoms with Crippen molar-refractivity contribution >= 4 is 44.9 Å². The number of hydrogen-bond donors (Lipinski definition) is 0. The Morgan fingerprint density at radius 2 is 0.930 bits per heavy atom. The molecule has 0 spiro atoms. The fourth-order valence-corrected chi connectivity index (χ4v) is 12.0. The Hall–Kier alpha value is -7.06. The Kier molecular flexibility index (Phi) is 7.77. The number of aromatic nitrogens is 2. The lowest BCUT2D eigenvalue weighted by Crippen LogP contribution is -2.21. The summed E-state index contributed by atoms with van der Waals surface area (Å²) < 4.78 is 18.2. The van der Waals surface area contributed by atoms with Gasteiger partial charge < -0.3 is 4.57 Å². The van der Waals surface area contributed by atoms with Crippen molar-refractivity contribution in [1.82, 2.24) is 9.55 Å². The molecule has 4 heteroatoms. The van der Waals surface area contributed by atoms with Crippen molar-refractivity contribution in [2.45, 2.75) is 0 Å². The number of para-hydroxylation sites is 1. The Labute approximate surface area is 331 Å². The van der Waals surface area contributed by atoms with Crippen LogP contribution in [0.25, 0.3) is 83.4 Å². The first-order chi connectivity index (χ1) is 28.1. The van der Waals surface area contributed by atoms with Gasteiger partial charge in [-0.05, 0) is 68.8 Å². The van der Waals surface area contributed by atoms with Crippen molar-refractivity contribution in [2.75, 3.05) is 0 Å². The van der Waals surface area contributed by atoms with Crippen molar-refractivity contribution in [2.24, 2.45) is 0 Å². The lowest BCUT2D eigenvalue weighted by molar-refractivity contribution is 0.593. The molecule has 1 aliphatic heterocycles. The van der Waals surface area contributed by atoms with E-state index in [0.717, 1.165) is 82.6 Å². The molecular weight excluding hydrogens is 712 g/mol. The molecule has 0 bridgehead atoms. The van der Waals surface area contributed by atoms with E-state index in [4.69, 9.17) is 4.98 Å². The van der Waals surface area contributed by atoms with Crippen LogP contribution in [0.2, 0.25) is 0 Å². The molecule has 0 saturated carbocycles. The predicted octanol–water partition coefficient (Wildman–Crippen LogP) is 12.5. The minimum atomic E-state index is -3.24. The second kappa shape index (κ2) is 13.3. The number of benzene rings is 8. The first kappa shape index (κ1) is 33.3. The van der Waals surface area contributed by atoms with Crippen LogP contribution in [0.4, 0.5) is 0 Å². The second-order valence-corrected chi connectivity index (χ2v) is 17.3. The number of hydrogen-bond acceptors (Lipinski definition) is 2. The summed E-state index contributed by atoms with van der Waals surface area (Å²) in [5.41, 5.74) is 12.8. The van der Waals surface area contributed by atoms with Gasteiger partial charge in [-0.25, -0.2) is 4.98 Å². The largest absolute Gasteiger partial charge is 0.309 e. The van der Waals surface area contributed by atoms with Crippen LogP contribution in [0.5, 0.6) is 0 Å². The van der Waals surface area contributed by atoms with Gasteiger partial charge in [-0.15, -0.1) is 0 Å². The molecule has 3 heterocycles. The Balaban J connectivity index is 1.15. The molecule has 2 aromatic heterocycles. The fourth-order valence-electron chi connectivity index (χ4n) is 8.73. The summed E-state index contributed by atoms with van der Waals surface area (Å²) in [6.07, 6.45) is 0. The maximum atomic E-state index is 16.0. The molecule has 0 saturated heterocycles. The van der Waals surface area contributed by atoms with Crippen LogP contribution in [0, 0.1) is 0 Å². The SMILES string of the molecule is O=P1(c2ccccc2)c2ccccc2-c2ccc3c(c21)c1ccccc1n3-c1cc(-c2ccc(-c3ccccc3)cc2)cc(-c2ccc(-c3ccccc3)cc2)n1. The minimum absolute atomic E-state index is 0.804. The van der Waals surface area contributed by atoms with Crippen molar-refractivity contribution < 1.29 is 4.57 Å². The molecule has 57 heavy (non-hydrogen) atoms. The van der Waals surface area contributed by atoms with Gasteiger partial charge in [0.05, 0.1) is 16.7 Å². The summed E-state index contributed by atoms with van der Waals surface area (Å²) in [7, 11) is -3.24. The average Bonchev–Trinajstić information content (AvgIpc) is 3.77. The monoisotopic (exact) mass is 746 g/mol. The number of nitrogens with zero attached hydrogens (tertiary/aromatic N) is 2. The van der Waals surface area contributed by atoms with Gasteiger partial charge in [-0.2, -0.15) is 0 Å². The van der Waals surface area contributed by atoms with Crippen LogP contribution in [-0.2, 0) is 4.57 Å². The van der Waals surface area contributed by atoms with Gasteiger partial charge in [0, 0.05) is 32.2 Å². The van der Waals surface area contributed by atoms with E-state index in [1.54, 1.807) is 0 Å². The Morgan fingerprint density at radius 1 is 0.404 bits per heavy atom. The molecule has 0 radical (unpaired) electrons. The number of pyridine rings is 1. The third-order valence-corrected chi connectivity index (χ3v) is 14.6. The highest BCUT2D eigenvalue weighted by Gasteiger charge is 2.42. The van der Waals surface area contributed by atoms with E-state index in [2.05, 4.69) is 162 Å². The van der Waals surface area contributed by atoms with Crippen LogP contribution in [0.15, 0.2) is 212 Å². The van der Waals surface area contributed by atoms with E-state index in [0.29, 0.717) is 0 Å². The standard InChI is InChI=1S/C53H35N2OP/c56-57(43-18-8-3-9-19-43)50-23-13-11-20-44(50)45-32-33-49-52(53(45)57)46-21-10-12-22-48(46)55(49)51-35-42(40-26-24-38(25-27-40)36-14-4-1-5-15-36)34-47(54-51)41-30-28-39(29-31-41)37-16-6-2-7-17-37/h1-35H. The molecule has 11 rings (SSSR count). The smallest absolute Gasteiger partial charge is 0.172 e. The van der Waals surface area contributed by atoms with E-state index in [1.807, 2.05) is 54.6 Å². The van der Waals surface area contributed by atoms with Crippen LogP contribution in [-0.4, -0.2) is 9.55 Å². The topological polar surface area (TPSA) is 34.9 Å². The maximum Gasteiger partial charge on any atom is 0.172 e. The van der Waals surface area contributed by atoms with Gasteiger partial charge in [0.2, 0.25) is 0 Å². The minimum Gasteiger partial charge on any atom is -0.309 e. The third kappa shape index (κ3) is 5.35. The van der Waals surface area contributed by atoms with Crippen molar-refractivity contribution in [3.05, 3.63) is 212 Å². The first-order valence-corrected chi connectivity index (χ1v) is 21.0. The van der Waals surface area contributed by atoms with Crippen molar-refractivity contribution in [3.8, 4) is 61.6 Å². The van der Waals surface area contributed by atoms with Gasteiger partial charge >= 0.3 is 0 Å². The van der Waals surface area contributed by atoms with Crippen LogP contribution < -0.4 is 15.9 Å². The predicted molar refractivity (Wildman–Crippen MR) is 239 cm³/mol. The van der Waals surface area contributed by atoms with Crippen LogP contribution in [0.3, 0.4) is 0 Å². The zero-order chi connectivity index (χ0) is 37.9. The molecule has 0 amide bonds.